The van der Waals surface area contributed by atoms with E-state index in [-0.39, 0.29) is 6.42 Å². The number of aromatic nitrogens is 3. The molecule has 3 aromatic rings. The molecule has 0 saturated carbocycles. The third kappa shape index (κ3) is 5.71. The van der Waals surface area contributed by atoms with Crippen molar-refractivity contribution in [2.24, 2.45) is 0 Å². The molecule has 0 bridgehead atoms. The number of esters is 1. The number of carbonyl (C=O) groups is 2. The van der Waals surface area contributed by atoms with E-state index in [1.54, 1.807) is 17.7 Å². The molecule has 0 spiro atoms. The van der Waals surface area contributed by atoms with E-state index in [9.17, 15) is 22.8 Å². The molecule has 0 aliphatic heterocycles. The quantitative estimate of drug-likeness (QED) is 0.521. The Labute approximate surface area is 161 Å². The van der Waals surface area contributed by atoms with Crippen LogP contribution in [0.25, 0.3) is 21.5 Å². The maximum Gasteiger partial charge on any atom is 0.490 e. The highest BCUT2D eigenvalue weighted by atomic mass is 32.1. The van der Waals surface area contributed by atoms with Gasteiger partial charge >= 0.3 is 18.1 Å². The summed E-state index contributed by atoms with van der Waals surface area (Å²) >= 11 is 1.62. The zero-order valence-corrected chi connectivity index (χ0v) is 15.3. The fourth-order valence-electron chi connectivity index (χ4n) is 2.10. The van der Waals surface area contributed by atoms with Gasteiger partial charge in [0.05, 0.1) is 23.0 Å². The number of alkyl halides is 3. The first-order chi connectivity index (χ1) is 13.2. The summed E-state index contributed by atoms with van der Waals surface area (Å²) in [5, 5.41) is 10.7. The molecular weight excluding hydrogens is 399 g/mol. The first-order valence-corrected chi connectivity index (χ1v) is 8.65. The van der Waals surface area contributed by atoms with E-state index >= 15 is 0 Å². The highest BCUT2D eigenvalue weighted by Crippen LogP contribution is 2.28. The monoisotopic (exact) mass is 414 g/mol. The van der Waals surface area contributed by atoms with Crippen LogP contribution in [-0.2, 0) is 20.9 Å². The Morgan fingerprint density at radius 3 is 2.43 bits per heavy atom. The smallest absolute Gasteiger partial charge is 0.481 e. The van der Waals surface area contributed by atoms with Crippen LogP contribution in [0.4, 0.5) is 13.2 Å². The van der Waals surface area contributed by atoms with Crippen LogP contribution in [0.15, 0.2) is 42.3 Å². The number of aryl methyl sites for hydroxylation is 1. The molecule has 1 N–H and O–H groups in total. The topological polar surface area (TPSA) is 93.3 Å². The predicted molar refractivity (Wildman–Crippen MR) is 93.4 cm³/mol. The zero-order chi connectivity index (χ0) is 20.7. The Balaban J connectivity index is 0.000000300. The number of hydrogen-bond donors (Lipinski definition) is 1. The van der Waals surface area contributed by atoms with Gasteiger partial charge in [0, 0.05) is 17.7 Å². The Hall–Kier alpha value is -3.08. The van der Waals surface area contributed by atoms with Crippen molar-refractivity contribution in [1.29, 1.82) is 0 Å². The van der Waals surface area contributed by atoms with E-state index in [2.05, 4.69) is 14.7 Å². The van der Waals surface area contributed by atoms with Crippen LogP contribution in [0.5, 0.6) is 0 Å². The standard InChI is InChI=1S/C14H11N3O2S.C3H3F3O2/c18-12(19)3-7-17-5-1-10(2-6-17)13-14-11(4-8-20-14)15-9-16-13;1-8-2(7)3(4,5)6/h1-2,4-6,8-9H,3,7H2;1H3/p+1. The molecule has 7 nitrogen and oxygen atoms in total. The molecule has 11 heteroatoms. The highest BCUT2D eigenvalue weighted by Gasteiger charge is 2.40. The maximum absolute atomic E-state index is 11.0. The van der Waals surface area contributed by atoms with Gasteiger partial charge in [-0.2, -0.15) is 13.2 Å². The van der Waals surface area contributed by atoms with Crippen LogP contribution in [0.2, 0.25) is 0 Å². The van der Waals surface area contributed by atoms with Crippen molar-refractivity contribution in [1.82, 2.24) is 9.97 Å². The van der Waals surface area contributed by atoms with Crippen molar-refractivity contribution in [3.8, 4) is 11.3 Å². The van der Waals surface area contributed by atoms with Crippen LogP contribution < -0.4 is 4.57 Å². The number of carboxylic acids is 1. The van der Waals surface area contributed by atoms with Gasteiger partial charge < -0.3 is 9.84 Å². The number of hydrogen-bond acceptors (Lipinski definition) is 6. The van der Waals surface area contributed by atoms with E-state index in [0.717, 1.165) is 21.5 Å². The lowest BCUT2D eigenvalue weighted by atomic mass is 10.2. The van der Waals surface area contributed by atoms with Crippen molar-refractivity contribution in [2.75, 3.05) is 7.11 Å². The van der Waals surface area contributed by atoms with Crippen molar-refractivity contribution in [3.63, 3.8) is 0 Å². The SMILES string of the molecule is COC(=O)C(F)(F)F.O=C(O)CC[n+]1ccc(-c2ncnc3ccsc23)cc1. The van der Waals surface area contributed by atoms with Crippen molar-refractivity contribution in [3.05, 3.63) is 42.3 Å². The number of pyridine rings is 1. The van der Waals surface area contributed by atoms with Gasteiger partial charge in [-0.1, -0.05) is 0 Å². The van der Waals surface area contributed by atoms with E-state index in [4.69, 9.17) is 5.11 Å². The number of rotatable bonds is 4. The number of nitrogens with zero attached hydrogens (tertiary/aromatic N) is 3. The van der Waals surface area contributed by atoms with E-state index in [1.165, 1.54) is 0 Å². The number of thiophene rings is 1. The van der Waals surface area contributed by atoms with Crippen LogP contribution in [0, 0.1) is 0 Å². The summed E-state index contributed by atoms with van der Waals surface area (Å²) in [5.74, 6) is -2.96. The molecule has 28 heavy (non-hydrogen) atoms. The number of halogens is 3. The van der Waals surface area contributed by atoms with E-state index in [1.807, 2.05) is 40.5 Å². The van der Waals surface area contributed by atoms with Gasteiger partial charge in [-0.25, -0.2) is 19.3 Å². The lowest BCUT2D eigenvalue weighted by molar-refractivity contribution is -0.695. The molecule has 0 unspecified atom stereocenters. The van der Waals surface area contributed by atoms with Crippen molar-refractivity contribution >= 4 is 33.5 Å². The summed E-state index contributed by atoms with van der Waals surface area (Å²) in [7, 11) is 0.676. The number of methoxy groups -OCH3 is 1. The van der Waals surface area contributed by atoms with Gasteiger partial charge in [0.1, 0.15) is 12.7 Å². The summed E-state index contributed by atoms with van der Waals surface area (Å²) < 4.78 is 39.2. The Bertz CT molecular complexity index is 958. The Morgan fingerprint density at radius 1 is 1.21 bits per heavy atom. The Kier molecular flexibility index (Phi) is 6.99. The molecule has 0 fully saturated rings. The number of aliphatic carboxylic acids is 1. The molecule has 0 aromatic carbocycles. The van der Waals surface area contributed by atoms with E-state index in [0.29, 0.717) is 13.7 Å². The first-order valence-electron chi connectivity index (χ1n) is 7.77. The van der Waals surface area contributed by atoms with Gasteiger partial charge in [-0.05, 0) is 11.4 Å². The largest absolute Gasteiger partial charge is 0.490 e. The highest BCUT2D eigenvalue weighted by molar-refractivity contribution is 7.17. The normalized spacial score (nSPS) is 10.9. The summed E-state index contributed by atoms with van der Waals surface area (Å²) in [6.45, 7) is 0.466. The summed E-state index contributed by atoms with van der Waals surface area (Å²) in [4.78, 5) is 28.6. The van der Waals surface area contributed by atoms with Gasteiger partial charge in [0.25, 0.3) is 0 Å². The minimum absolute atomic E-state index is 0.118. The molecule has 3 rings (SSSR count). The molecule has 0 aliphatic carbocycles. The average Bonchev–Trinajstić information content (AvgIpc) is 3.14. The molecule has 0 radical (unpaired) electrons. The van der Waals surface area contributed by atoms with Crippen molar-refractivity contribution in [2.45, 2.75) is 19.1 Å². The van der Waals surface area contributed by atoms with Crippen LogP contribution >= 0.6 is 11.3 Å². The number of ether oxygens (including phenoxy) is 1. The summed E-state index contributed by atoms with van der Waals surface area (Å²) in [6, 6.07) is 5.87. The molecule has 0 aliphatic rings. The molecule has 148 valence electrons. The fraction of sp³-hybridized carbons (Fsp3) is 0.235. The molecule has 0 atom stereocenters. The summed E-state index contributed by atoms with van der Waals surface area (Å²) in [6.07, 6.45) is 0.580. The second kappa shape index (κ2) is 9.22. The maximum atomic E-state index is 11.0. The predicted octanol–water partition coefficient (Wildman–Crippen LogP) is 2.84. The first kappa shape index (κ1) is 21.2. The third-order valence-corrected chi connectivity index (χ3v) is 4.32. The number of carboxylic acid groups (broad SMARTS) is 1. The minimum atomic E-state index is -4.85. The second-order valence-corrected chi connectivity index (χ2v) is 6.23. The van der Waals surface area contributed by atoms with Crippen molar-refractivity contribution < 1.29 is 37.2 Å². The lowest BCUT2D eigenvalue weighted by Gasteiger charge is -2.01. The van der Waals surface area contributed by atoms with Gasteiger partial charge in [-0.3, -0.25) is 4.79 Å². The van der Waals surface area contributed by atoms with Gasteiger partial charge in [0.15, 0.2) is 18.9 Å². The average molecular weight is 414 g/mol. The summed E-state index contributed by atoms with van der Waals surface area (Å²) in [5.41, 5.74) is 2.87. The zero-order valence-electron chi connectivity index (χ0n) is 14.5. The molecule has 3 aromatic heterocycles. The number of carbonyl (C=O) groups excluding carboxylic acids is 1. The fourth-order valence-corrected chi connectivity index (χ4v) is 2.96. The second-order valence-electron chi connectivity index (χ2n) is 5.31. The Morgan fingerprint density at radius 2 is 1.89 bits per heavy atom. The molecular formula is C17H15F3N3O4S+. The van der Waals surface area contributed by atoms with E-state index < -0.39 is 18.1 Å². The lowest BCUT2D eigenvalue weighted by Crippen LogP contribution is -2.33. The molecule has 0 amide bonds. The molecule has 3 heterocycles. The molecule has 0 saturated heterocycles. The number of fused-ring (bicyclic) bond motifs is 1. The van der Waals surface area contributed by atoms with Crippen LogP contribution in [0.3, 0.4) is 0 Å². The van der Waals surface area contributed by atoms with Gasteiger partial charge in [-0.15, -0.1) is 11.3 Å². The minimum Gasteiger partial charge on any atom is -0.481 e. The third-order valence-electron chi connectivity index (χ3n) is 3.41. The van der Waals surface area contributed by atoms with Crippen LogP contribution in [-0.4, -0.2) is 40.3 Å². The van der Waals surface area contributed by atoms with Gasteiger partial charge in [0.2, 0.25) is 0 Å². The van der Waals surface area contributed by atoms with Crippen LogP contribution in [0.1, 0.15) is 6.42 Å².